The molecule has 118 valence electrons. The van der Waals surface area contributed by atoms with Gasteiger partial charge in [-0.2, -0.15) is 0 Å². The number of rotatable bonds is 8. The summed E-state index contributed by atoms with van der Waals surface area (Å²) in [7, 11) is 0. The van der Waals surface area contributed by atoms with Gasteiger partial charge in [0.25, 0.3) is 0 Å². The Morgan fingerprint density at radius 3 is 2.20 bits per heavy atom. The standard InChI is InChI=1S/C19H37N/c1-17(2)9-5-3-4-8-16-20-18-10-14-19(15-11-18)12-6-7-13-19/h17-18,20H,3-16H2,1-2H3. The minimum absolute atomic E-state index is 0.801. The molecule has 2 saturated carbocycles. The molecule has 1 heteroatoms. The van der Waals surface area contributed by atoms with Crippen molar-refractivity contribution in [2.24, 2.45) is 11.3 Å². The summed E-state index contributed by atoms with van der Waals surface area (Å²) in [4.78, 5) is 0. The SMILES string of the molecule is CC(C)CCCCCCNC1CCC2(CCCC2)CC1. The van der Waals surface area contributed by atoms with Crippen molar-refractivity contribution in [3.63, 3.8) is 0 Å². The topological polar surface area (TPSA) is 12.0 Å². The molecule has 1 spiro atoms. The van der Waals surface area contributed by atoms with Crippen LogP contribution in [-0.4, -0.2) is 12.6 Å². The summed E-state index contributed by atoms with van der Waals surface area (Å²) in [6.07, 6.45) is 19.1. The van der Waals surface area contributed by atoms with Crippen molar-refractivity contribution in [1.82, 2.24) is 5.32 Å². The molecular formula is C19H37N. The first kappa shape index (κ1) is 16.3. The highest BCUT2D eigenvalue weighted by atomic mass is 14.9. The van der Waals surface area contributed by atoms with Crippen molar-refractivity contribution in [1.29, 1.82) is 0 Å². The van der Waals surface area contributed by atoms with Gasteiger partial charge in [0.05, 0.1) is 0 Å². The highest BCUT2D eigenvalue weighted by Gasteiger charge is 2.37. The van der Waals surface area contributed by atoms with Crippen molar-refractivity contribution in [2.75, 3.05) is 6.54 Å². The van der Waals surface area contributed by atoms with Gasteiger partial charge in [-0.15, -0.1) is 0 Å². The van der Waals surface area contributed by atoms with E-state index in [1.54, 1.807) is 0 Å². The molecule has 0 amide bonds. The molecule has 0 unspecified atom stereocenters. The largest absolute Gasteiger partial charge is 0.314 e. The van der Waals surface area contributed by atoms with Crippen molar-refractivity contribution in [3.8, 4) is 0 Å². The zero-order valence-corrected chi connectivity index (χ0v) is 14.1. The molecular weight excluding hydrogens is 242 g/mol. The second-order valence-corrected chi connectivity index (χ2v) is 8.03. The van der Waals surface area contributed by atoms with E-state index in [0.717, 1.165) is 17.4 Å². The Morgan fingerprint density at radius 2 is 1.55 bits per heavy atom. The van der Waals surface area contributed by atoms with E-state index in [2.05, 4.69) is 19.2 Å². The second kappa shape index (κ2) is 8.41. The molecule has 0 saturated heterocycles. The molecule has 0 bridgehead atoms. The van der Waals surface area contributed by atoms with Crippen LogP contribution in [-0.2, 0) is 0 Å². The van der Waals surface area contributed by atoms with Crippen LogP contribution in [0.3, 0.4) is 0 Å². The molecule has 20 heavy (non-hydrogen) atoms. The summed E-state index contributed by atoms with van der Waals surface area (Å²) in [5, 5.41) is 3.83. The van der Waals surface area contributed by atoms with Gasteiger partial charge in [-0.3, -0.25) is 0 Å². The minimum Gasteiger partial charge on any atom is -0.314 e. The van der Waals surface area contributed by atoms with Crippen molar-refractivity contribution in [2.45, 2.75) is 103 Å². The molecule has 0 radical (unpaired) electrons. The first-order valence-corrected chi connectivity index (χ1v) is 9.44. The monoisotopic (exact) mass is 279 g/mol. The Balaban J connectivity index is 1.45. The van der Waals surface area contributed by atoms with E-state index >= 15 is 0 Å². The molecule has 0 atom stereocenters. The highest BCUT2D eigenvalue weighted by Crippen LogP contribution is 2.48. The van der Waals surface area contributed by atoms with Crippen LogP contribution < -0.4 is 5.32 Å². The molecule has 2 aliphatic carbocycles. The van der Waals surface area contributed by atoms with E-state index < -0.39 is 0 Å². The maximum Gasteiger partial charge on any atom is 0.00674 e. The van der Waals surface area contributed by atoms with Crippen LogP contribution in [0.25, 0.3) is 0 Å². The molecule has 0 heterocycles. The lowest BCUT2D eigenvalue weighted by Gasteiger charge is -2.37. The summed E-state index contributed by atoms with van der Waals surface area (Å²) in [6.45, 7) is 5.93. The molecule has 0 aromatic heterocycles. The Morgan fingerprint density at radius 1 is 0.900 bits per heavy atom. The van der Waals surface area contributed by atoms with Crippen molar-refractivity contribution in [3.05, 3.63) is 0 Å². The zero-order chi connectivity index (χ0) is 14.3. The van der Waals surface area contributed by atoms with Gasteiger partial charge in [0.1, 0.15) is 0 Å². The van der Waals surface area contributed by atoms with Crippen LogP contribution in [0.2, 0.25) is 0 Å². The third-order valence-corrected chi connectivity index (χ3v) is 5.85. The fraction of sp³-hybridized carbons (Fsp3) is 1.00. The summed E-state index contributed by atoms with van der Waals surface area (Å²) < 4.78 is 0. The van der Waals surface area contributed by atoms with Crippen molar-refractivity contribution < 1.29 is 0 Å². The van der Waals surface area contributed by atoms with E-state index in [-0.39, 0.29) is 0 Å². The van der Waals surface area contributed by atoms with Crippen LogP contribution in [0.15, 0.2) is 0 Å². The first-order valence-electron chi connectivity index (χ1n) is 9.44. The van der Waals surface area contributed by atoms with Gasteiger partial charge in [0, 0.05) is 6.04 Å². The molecule has 1 N–H and O–H groups in total. The maximum atomic E-state index is 3.83. The van der Waals surface area contributed by atoms with Gasteiger partial charge in [0.2, 0.25) is 0 Å². The fourth-order valence-corrected chi connectivity index (χ4v) is 4.40. The normalized spacial score (nSPS) is 22.9. The maximum absolute atomic E-state index is 3.83. The minimum atomic E-state index is 0.801. The quantitative estimate of drug-likeness (QED) is 0.563. The number of hydrogen-bond acceptors (Lipinski definition) is 1. The Hall–Kier alpha value is -0.0400. The average Bonchev–Trinajstić information content (AvgIpc) is 2.88. The van der Waals surface area contributed by atoms with Gasteiger partial charge in [-0.05, 0) is 62.8 Å². The van der Waals surface area contributed by atoms with Crippen LogP contribution in [0.5, 0.6) is 0 Å². The third kappa shape index (κ3) is 5.39. The van der Waals surface area contributed by atoms with Gasteiger partial charge in [-0.25, -0.2) is 0 Å². The first-order chi connectivity index (χ1) is 9.70. The predicted molar refractivity (Wildman–Crippen MR) is 89.1 cm³/mol. The highest BCUT2D eigenvalue weighted by molar-refractivity contribution is 4.91. The van der Waals surface area contributed by atoms with Crippen molar-refractivity contribution >= 4 is 0 Å². The number of nitrogens with one attached hydrogen (secondary N) is 1. The molecule has 2 fully saturated rings. The molecule has 0 aromatic rings. The van der Waals surface area contributed by atoms with E-state index in [1.807, 2.05) is 0 Å². The smallest absolute Gasteiger partial charge is 0.00674 e. The Kier molecular flexibility index (Phi) is 6.87. The fourth-order valence-electron chi connectivity index (χ4n) is 4.40. The summed E-state index contributed by atoms with van der Waals surface area (Å²) >= 11 is 0. The van der Waals surface area contributed by atoms with Crippen LogP contribution in [0, 0.1) is 11.3 Å². The predicted octanol–water partition coefficient (Wildman–Crippen LogP) is 5.69. The molecule has 1 nitrogen and oxygen atoms in total. The zero-order valence-electron chi connectivity index (χ0n) is 14.1. The third-order valence-electron chi connectivity index (χ3n) is 5.85. The van der Waals surface area contributed by atoms with Gasteiger partial charge < -0.3 is 5.32 Å². The van der Waals surface area contributed by atoms with E-state index in [4.69, 9.17) is 0 Å². The summed E-state index contributed by atoms with van der Waals surface area (Å²) in [5.74, 6) is 0.887. The van der Waals surface area contributed by atoms with Crippen LogP contribution in [0.4, 0.5) is 0 Å². The second-order valence-electron chi connectivity index (χ2n) is 8.03. The lowest BCUT2D eigenvalue weighted by atomic mass is 9.71. The molecule has 0 aliphatic heterocycles. The summed E-state index contributed by atoms with van der Waals surface area (Å²) in [5.41, 5.74) is 0.801. The Bertz CT molecular complexity index is 242. The van der Waals surface area contributed by atoms with E-state index in [9.17, 15) is 0 Å². The van der Waals surface area contributed by atoms with E-state index in [0.29, 0.717) is 0 Å². The molecule has 2 aliphatic rings. The summed E-state index contributed by atoms with van der Waals surface area (Å²) in [6, 6.07) is 0.844. The van der Waals surface area contributed by atoms with Gasteiger partial charge in [-0.1, -0.05) is 52.4 Å². The lowest BCUT2D eigenvalue weighted by molar-refractivity contribution is 0.168. The number of unbranched alkanes of at least 4 members (excludes halogenated alkanes) is 3. The van der Waals surface area contributed by atoms with Crippen LogP contribution in [0.1, 0.15) is 97.3 Å². The molecule has 2 rings (SSSR count). The van der Waals surface area contributed by atoms with Crippen LogP contribution >= 0.6 is 0 Å². The average molecular weight is 280 g/mol. The van der Waals surface area contributed by atoms with E-state index in [1.165, 1.54) is 90.0 Å². The Labute approximate surface area is 127 Å². The molecule has 0 aromatic carbocycles. The number of hydrogen-bond donors (Lipinski definition) is 1. The van der Waals surface area contributed by atoms with Gasteiger partial charge in [0.15, 0.2) is 0 Å². The van der Waals surface area contributed by atoms with Gasteiger partial charge >= 0.3 is 0 Å². The lowest BCUT2D eigenvalue weighted by Crippen LogP contribution is -2.37.